The molecule has 8 heteroatoms. The molecule has 1 atom stereocenters. The maximum Gasteiger partial charge on any atom is 0.290 e. The molecule has 24 heavy (non-hydrogen) atoms. The molecule has 0 aliphatic carbocycles. The first-order chi connectivity index (χ1) is 11.2. The van der Waals surface area contributed by atoms with Crippen LogP contribution in [0.5, 0.6) is 0 Å². The minimum atomic E-state index is -0.496. The normalized spacial score (nSPS) is 12.0. The number of nitrogens with one attached hydrogen (secondary N) is 1. The van der Waals surface area contributed by atoms with Crippen LogP contribution in [0.2, 0.25) is 0 Å². The third-order valence-electron chi connectivity index (χ3n) is 4.12. The molecular weight excluding hydrogens is 310 g/mol. The highest BCUT2D eigenvalue weighted by Gasteiger charge is 2.20. The van der Waals surface area contributed by atoms with Crippen LogP contribution >= 0.6 is 0 Å². The summed E-state index contributed by atoms with van der Waals surface area (Å²) in [5.74, 6) is -0.142. The van der Waals surface area contributed by atoms with Crippen LogP contribution in [-0.4, -0.2) is 25.6 Å². The molecule has 0 aliphatic heterocycles. The van der Waals surface area contributed by atoms with E-state index in [2.05, 4.69) is 15.4 Å². The van der Waals surface area contributed by atoms with Crippen molar-refractivity contribution < 1.29 is 9.72 Å². The van der Waals surface area contributed by atoms with Gasteiger partial charge in [-0.1, -0.05) is 6.92 Å². The van der Waals surface area contributed by atoms with E-state index in [1.165, 1.54) is 12.1 Å². The Morgan fingerprint density at radius 3 is 2.50 bits per heavy atom. The molecule has 0 spiro atoms. The minimum absolute atomic E-state index is 0.0670. The maximum absolute atomic E-state index is 12.4. The van der Waals surface area contributed by atoms with Crippen molar-refractivity contribution in [2.75, 3.05) is 5.32 Å². The van der Waals surface area contributed by atoms with E-state index in [4.69, 9.17) is 0 Å². The summed E-state index contributed by atoms with van der Waals surface area (Å²) in [4.78, 5) is 26.7. The predicted molar refractivity (Wildman–Crippen MR) is 89.8 cm³/mol. The molecule has 0 aromatic carbocycles. The number of anilines is 1. The van der Waals surface area contributed by atoms with Crippen LogP contribution in [0.3, 0.4) is 0 Å². The fourth-order valence-electron chi connectivity index (χ4n) is 2.58. The van der Waals surface area contributed by atoms with E-state index >= 15 is 0 Å². The summed E-state index contributed by atoms with van der Waals surface area (Å²) in [6.07, 6.45) is 0.573. The van der Waals surface area contributed by atoms with E-state index < -0.39 is 4.92 Å². The Morgan fingerprint density at radius 2 is 2.00 bits per heavy atom. The number of nitrogens with zero attached hydrogens (tertiary/aromatic N) is 4. The number of aryl methyl sites for hydroxylation is 3. The second-order valence-electron chi connectivity index (χ2n) is 5.93. The summed E-state index contributed by atoms with van der Waals surface area (Å²) in [5, 5.41) is 17.9. The molecule has 2 heterocycles. The number of nitro groups is 1. The average Bonchev–Trinajstić information content (AvgIpc) is 2.73. The number of hydrogen-bond donors (Lipinski definition) is 1. The fourth-order valence-corrected chi connectivity index (χ4v) is 2.58. The molecule has 2 aromatic rings. The predicted octanol–water partition coefficient (Wildman–Crippen LogP) is 2.47. The number of rotatable bonds is 5. The van der Waals surface area contributed by atoms with E-state index in [1.807, 2.05) is 27.8 Å². The molecule has 0 aliphatic rings. The smallest absolute Gasteiger partial charge is 0.290 e. The molecule has 2 aromatic heterocycles. The molecule has 0 saturated carbocycles. The molecule has 0 unspecified atom stereocenters. The third kappa shape index (κ3) is 3.58. The SMILES string of the molecule is Cc1nc(NC(=O)[C@H](C)Cc2c(C)nn(C)c2C)ccc1[N+](=O)[O-]. The lowest BCUT2D eigenvalue weighted by Crippen LogP contribution is -2.23. The molecule has 0 radical (unpaired) electrons. The highest BCUT2D eigenvalue weighted by Crippen LogP contribution is 2.20. The van der Waals surface area contributed by atoms with Gasteiger partial charge in [-0.05, 0) is 38.8 Å². The highest BCUT2D eigenvalue weighted by molar-refractivity contribution is 5.91. The number of carbonyl (C=O) groups is 1. The van der Waals surface area contributed by atoms with E-state index in [1.54, 1.807) is 11.6 Å². The van der Waals surface area contributed by atoms with Gasteiger partial charge in [0.1, 0.15) is 11.5 Å². The first kappa shape index (κ1) is 17.6. The van der Waals surface area contributed by atoms with Crippen LogP contribution in [0, 0.1) is 36.8 Å². The van der Waals surface area contributed by atoms with E-state index in [9.17, 15) is 14.9 Å². The quantitative estimate of drug-likeness (QED) is 0.669. The molecule has 1 N–H and O–H groups in total. The van der Waals surface area contributed by atoms with Gasteiger partial charge in [-0.15, -0.1) is 0 Å². The zero-order chi connectivity index (χ0) is 18.0. The van der Waals surface area contributed by atoms with Crippen LogP contribution < -0.4 is 5.32 Å². The van der Waals surface area contributed by atoms with Gasteiger partial charge < -0.3 is 5.32 Å². The van der Waals surface area contributed by atoms with Crippen LogP contribution in [0.4, 0.5) is 11.5 Å². The Bertz CT molecular complexity index is 797. The van der Waals surface area contributed by atoms with E-state index in [0.29, 0.717) is 12.2 Å². The van der Waals surface area contributed by atoms with Crippen molar-refractivity contribution in [1.29, 1.82) is 0 Å². The largest absolute Gasteiger partial charge is 0.310 e. The van der Waals surface area contributed by atoms with Crippen molar-refractivity contribution in [3.05, 3.63) is 44.9 Å². The first-order valence-corrected chi connectivity index (χ1v) is 7.62. The second kappa shape index (κ2) is 6.77. The molecule has 2 rings (SSSR count). The van der Waals surface area contributed by atoms with Gasteiger partial charge in [0.25, 0.3) is 5.69 Å². The molecule has 128 valence electrons. The lowest BCUT2D eigenvalue weighted by Gasteiger charge is -2.12. The molecular formula is C16H21N5O3. The van der Waals surface area contributed by atoms with Gasteiger partial charge in [-0.25, -0.2) is 4.98 Å². The van der Waals surface area contributed by atoms with Crippen molar-refractivity contribution in [3.8, 4) is 0 Å². The second-order valence-corrected chi connectivity index (χ2v) is 5.93. The number of hydrogen-bond acceptors (Lipinski definition) is 5. The van der Waals surface area contributed by atoms with Crippen molar-refractivity contribution >= 4 is 17.4 Å². The van der Waals surface area contributed by atoms with Gasteiger partial charge in [0.2, 0.25) is 5.91 Å². The lowest BCUT2D eigenvalue weighted by atomic mass is 9.99. The van der Waals surface area contributed by atoms with E-state index in [0.717, 1.165) is 17.0 Å². The van der Waals surface area contributed by atoms with Crippen LogP contribution in [0.15, 0.2) is 12.1 Å². The van der Waals surface area contributed by atoms with Gasteiger partial charge in [0.15, 0.2) is 0 Å². The van der Waals surface area contributed by atoms with Crippen LogP contribution in [-0.2, 0) is 18.3 Å². The molecule has 1 amide bonds. The lowest BCUT2D eigenvalue weighted by molar-refractivity contribution is -0.385. The van der Waals surface area contributed by atoms with Crippen molar-refractivity contribution in [1.82, 2.24) is 14.8 Å². The summed E-state index contributed by atoms with van der Waals surface area (Å²) in [6, 6.07) is 2.79. The van der Waals surface area contributed by atoms with Crippen molar-refractivity contribution in [2.24, 2.45) is 13.0 Å². The monoisotopic (exact) mass is 331 g/mol. The van der Waals surface area contributed by atoms with Crippen LogP contribution in [0.25, 0.3) is 0 Å². The van der Waals surface area contributed by atoms with Crippen molar-refractivity contribution in [3.63, 3.8) is 0 Å². The number of amides is 1. The standard InChI is InChI=1S/C16H21N5O3/c1-9(8-13-10(2)19-20(5)12(13)4)16(22)18-15-7-6-14(21(23)24)11(3)17-15/h6-7,9H,8H2,1-5H3,(H,17,18,22)/t9-/m1/s1. The molecule has 0 fully saturated rings. The van der Waals surface area contributed by atoms with Gasteiger partial charge in [0.05, 0.1) is 10.6 Å². The summed E-state index contributed by atoms with van der Waals surface area (Å²) in [6.45, 7) is 7.27. The number of pyridine rings is 1. The van der Waals surface area contributed by atoms with Crippen LogP contribution in [0.1, 0.15) is 29.6 Å². The van der Waals surface area contributed by atoms with Crippen molar-refractivity contribution in [2.45, 2.75) is 34.1 Å². The van der Waals surface area contributed by atoms with Gasteiger partial charge in [-0.2, -0.15) is 5.10 Å². The molecule has 8 nitrogen and oxygen atoms in total. The Balaban J connectivity index is 2.09. The number of carbonyl (C=O) groups excluding carboxylic acids is 1. The Labute approximate surface area is 140 Å². The third-order valence-corrected chi connectivity index (χ3v) is 4.12. The topological polar surface area (TPSA) is 103 Å². The summed E-state index contributed by atoms with van der Waals surface area (Å²) in [5.41, 5.74) is 3.22. The molecule has 0 saturated heterocycles. The van der Waals surface area contributed by atoms with E-state index in [-0.39, 0.29) is 23.2 Å². The van der Waals surface area contributed by atoms with Gasteiger partial charge >= 0.3 is 0 Å². The Kier molecular flexibility index (Phi) is 4.96. The van der Waals surface area contributed by atoms with Gasteiger partial charge in [-0.3, -0.25) is 19.6 Å². The summed E-state index contributed by atoms with van der Waals surface area (Å²) < 4.78 is 1.80. The average molecular weight is 331 g/mol. The van der Waals surface area contributed by atoms with Gasteiger partial charge in [0, 0.05) is 24.7 Å². The maximum atomic E-state index is 12.4. The number of aromatic nitrogens is 3. The first-order valence-electron chi connectivity index (χ1n) is 7.62. The summed E-state index contributed by atoms with van der Waals surface area (Å²) in [7, 11) is 1.88. The Morgan fingerprint density at radius 1 is 1.33 bits per heavy atom. The summed E-state index contributed by atoms with van der Waals surface area (Å²) >= 11 is 0. The zero-order valence-electron chi connectivity index (χ0n) is 14.5. The zero-order valence-corrected chi connectivity index (χ0v) is 14.5. The highest BCUT2D eigenvalue weighted by atomic mass is 16.6. The fraction of sp³-hybridized carbons (Fsp3) is 0.438. The minimum Gasteiger partial charge on any atom is -0.310 e. The molecule has 0 bridgehead atoms. The Hall–Kier alpha value is -2.77.